The Morgan fingerprint density at radius 1 is 1.21 bits per heavy atom. The van der Waals surface area contributed by atoms with E-state index in [0.717, 1.165) is 18.4 Å². The molecule has 1 aliphatic heterocycles. The van der Waals surface area contributed by atoms with Gasteiger partial charge in [-0.15, -0.1) is 0 Å². The Balaban J connectivity index is 1.51. The van der Waals surface area contributed by atoms with Gasteiger partial charge in [0.2, 0.25) is 5.91 Å². The predicted molar refractivity (Wildman–Crippen MR) is 126 cm³/mol. The number of hydrogen-bond donors (Lipinski definition) is 1. The molecule has 33 heavy (non-hydrogen) atoms. The lowest BCUT2D eigenvalue weighted by Crippen LogP contribution is -2.45. The van der Waals surface area contributed by atoms with Crippen LogP contribution in [0, 0.1) is 5.92 Å². The minimum Gasteiger partial charge on any atom is -0.493 e. The van der Waals surface area contributed by atoms with Gasteiger partial charge in [0, 0.05) is 37.9 Å². The van der Waals surface area contributed by atoms with Gasteiger partial charge < -0.3 is 19.7 Å². The topological polar surface area (TPSA) is 98.6 Å². The van der Waals surface area contributed by atoms with E-state index in [4.69, 9.17) is 9.47 Å². The molecule has 3 heterocycles. The largest absolute Gasteiger partial charge is 0.493 e. The first-order chi connectivity index (χ1) is 16.1. The average molecular weight is 452 g/mol. The van der Waals surface area contributed by atoms with Gasteiger partial charge in [-0.2, -0.15) is 0 Å². The molecule has 1 N–H and O–H groups in total. The number of nitrogens with zero attached hydrogens (tertiary/aromatic N) is 4. The quantitative estimate of drug-likeness (QED) is 0.589. The highest BCUT2D eigenvalue weighted by Crippen LogP contribution is 2.30. The molecule has 1 atom stereocenters. The monoisotopic (exact) mass is 451 g/mol. The Morgan fingerprint density at radius 3 is 2.82 bits per heavy atom. The number of amides is 1. The number of aromatic nitrogens is 3. The van der Waals surface area contributed by atoms with Gasteiger partial charge in [0.25, 0.3) is 5.56 Å². The van der Waals surface area contributed by atoms with Crippen molar-refractivity contribution in [3.63, 3.8) is 0 Å². The zero-order valence-electron chi connectivity index (χ0n) is 19.2. The first-order valence-corrected chi connectivity index (χ1v) is 11.2. The first kappa shape index (κ1) is 22.6. The number of carbonyl (C=O) groups excluding carboxylic acids is 1. The lowest BCUT2D eigenvalue weighted by Gasteiger charge is -2.32. The fourth-order valence-electron chi connectivity index (χ4n) is 4.36. The van der Waals surface area contributed by atoms with E-state index in [2.05, 4.69) is 15.3 Å². The van der Waals surface area contributed by atoms with Gasteiger partial charge in [0.05, 0.1) is 20.1 Å². The van der Waals surface area contributed by atoms with E-state index in [-0.39, 0.29) is 17.4 Å². The van der Waals surface area contributed by atoms with E-state index in [0.29, 0.717) is 54.7 Å². The van der Waals surface area contributed by atoms with E-state index in [9.17, 15) is 9.59 Å². The van der Waals surface area contributed by atoms with Crippen LogP contribution in [-0.4, -0.2) is 47.8 Å². The van der Waals surface area contributed by atoms with Gasteiger partial charge >= 0.3 is 0 Å². The van der Waals surface area contributed by atoms with Crippen LogP contribution in [0.1, 0.15) is 25.3 Å². The van der Waals surface area contributed by atoms with Crippen LogP contribution < -0.4 is 25.2 Å². The summed E-state index contributed by atoms with van der Waals surface area (Å²) in [4.78, 5) is 37.0. The summed E-state index contributed by atoms with van der Waals surface area (Å²) in [6, 6.07) is 9.24. The number of fused-ring (bicyclic) bond motifs is 1. The molecule has 0 saturated carbocycles. The van der Waals surface area contributed by atoms with Gasteiger partial charge in [-0.05, 0) is 38.0 Å². The second kappa shape index (κ2) is 9.89. The van der Waals surface area contributed by atoms with E-state index in [1.165, 1.54) is 0 Å². The van der Waals surface area contributed by atoms with E-state index < -0.39 is 0 Å². The normalized spacial score (nSPS) is 16.0. The number of nitrogens with one attached hydrogen (secondary N) is 1. The van der Waals surface area contributed by atoms with Crippen LogP contribution in [0.15, 0.2) is 41.3 Å². The summed E-state index contributed by atoms with van der Waals surface area (Å²) in [5.74, 6) is 1.32. The summed E-state index contributed by atoms with van der Waals surface area (Å²) in [7, 11) is 3.16. The Labute approximate surface area is 192 Å². The predicted octanol–water partition coefficient (Wildman–Crippen LogP) is 2.36. The molecule has 4 rings (SSSR count). The highest BCUT2D eigenvalue weighted by atomic mass is 16.5. The van der Waals surface area contributed by atoms with Crippen LogP contribution in [0.25, 0.3) is 11.2 Å². The van der Waals surface area contributed by atoms with Gasteiger partial charge in [0.15, 0.2) is 23.0 Å². The number of piperidine rings is 1. The number of ether oxygens (including phenoxy) is 2. The number of para-hydroxylation sites is 1. The number of anilines is 1. The van der Waals surface area contributed by atoms with Crippen LogP contribution in [0.3, 0.4) is 0 Å². The van der Waals surface area contributed by atoms with Crippen molar-refractivity contribution in [3.05, 3.63) is 52.4 Å². The fourth-order valence-corrected chi connectivity index (χ4v) is 4.36. The van der Waals surface area contributed by atoms with Crippen molar-refractivity contribution in [1.82, 2.24) is 19.9 Å². The molecule has 9 nitrogen and oxygen atoms in total. The molecule has 1 saturated heterocycles. The zero-order chi connectivity index (χ0) is 23.4. The molecule has 1 fully saturated rings. The third-order valence-electron chi connectivity index (χ3n) is 6.03. The number of benzene rings is 1. The highest BCUT2D eigenvalue weighted by molar-refractivity contribution is 5.80. The molecule has 1 amide bonds. The summed E-state index contributed by atoms with van der Waals surface area (Å²) < 4.78 is 12.4. The van der Waals surface area contributed by atoms with Crippen LogP contribution in [0.4, 0.5) is 5.82 Å². The zero-order valence-corrected chi connectivity index (χ0v) is 19.2. The van der Waals surface area contributed by atoms with Gasteiger partial charge in [-0.1, -0.05) is 12.1 Å². The number of carbonyl (C=O) groups is 1. The average Bonchev–Trinajstić information content (AvgIpc) is 2.86. The molecule has 3 aromatic rings. The summed E-state index contributed by atoms with van der Waals surface area (Å²) in [5, 5.41) is 3.02. The second-order valence-corrected chi connectivity index (χ2v) is 7.99. The number of hydrogen-bond acceptors (Lipinski definition) is 7. The van der Waals surface area contributed by atoms with Crippen LogP contribution >= 0.6 is 0 Å². The number of aryl methyl sites for hydroxylation is 1. The van der Waals surface area contributed by atoms with Crippen molar-refractivity contribution in [2.75, 3.05) is 32.2 Å². The van der Waals surface area contributed by atoms with Crippen molar-refractivity contribution in [1.29, 1.82) is 0 Å². The van der Waals surface area contributed by atoms with Crippen LogP contribution in [-0.2, 0) is 17.9 Å². The molecule has 2 aromatic heterocycles. The molecular formula is C24H29N5O4. The molecule has 174 valence electrons. The second-order valence-electron chi connectivity index (χ2n) is 7.99. The summed E-state index contributed by atoms with van der Waals surface area (Å²) in [6.45, 7) is 3.88. The minimum atomic E-state index is -0.240. The molecule has 1 aromatic carbocycles. The minimum absolute atomic E-state index is 0.0529. The molecule has 0 radical (unpaired) electrons. The number of methoxy groups -OCH3 is 2. The molecule has 9 heteroatoms. The van der Waals surface area contributed by atoms with Crippen molar-refractivity contribution in [2.45, 2.75) is 32.9 Å². The summed E-state index contributed by atoms with van der Waals surface area (Å²) in [5.41, 5.74) is 1.91. The third-order valence-corrected chi connectivity index (χ3v) is 6.03. The maximum atomic E-state index is 13.1. The smallest absolute Gasteiger partial charge is 0.295 e. The van der Waals surface area contributed by atoms with E-state index in [1.807, 2.05) is 42.2 Å². The lowest BCUT2D eigenvalue weighted by atomic mass is 9.97. The van der Waals surface area contributed by atoms with Crippen molar-refractivity contribution in [3.8, 4) is 11.5 Å². The van der Waals surface area contributed by atoms with E-state index >= 15 is 0 Å². The Morgan fingerprint density at radius 2 is 2.06 bits per heavy atom. The van der Waals surface area contributed by atoms with Gasteiger partial charge in [-0.25, -0.2) is 9.97 Å². The van der Waals surface area contributed by atoms with Gasteiger partial charge in [0.1, 0.15) is 5.52 Å². The van der Waals surface area contributed by atoms with Crippen molar-refractivity contribution >= 4 is 22.9 Å². The fraction of sp³-hybridized carbons (Fsp3) is 0.417. The molecular weight excluding hydrogens is 422 g/mol. The number of pyridine rings is 1. The van der Waals surface area contributed by atoms with Crippen molar-refractivity contribution in [2.24, 2.45) is 5.92 Å². The standard InChI is InChI=1S/C24H29N5O4/c1-4-29-21-18(10-6-12-25-21)27-22(24(29)31)28-13-7-9-17(15-28)23(30)26-14-16-8-5-11-19(32-2)20(16)33-3/h5-6,8,10-12,17H,4,7,9,13-15H2,1-3H3,(H,26,30). The third kappa shape index (κ3) is 4.48. The lowest BCUT2D eigenvalue weighted by molar-refractivity contribution is -0.125. The van der Waals surface area contributed by atoms with Crippen LogP contribution in [0.5, 0.6) is 11.5 Å². The first-order valence-electron chi connectivity index (χ1n) is 11.2. The molecule has 1 aliphatic rings. The highest BCUT2D eigenvalue weighted by Gasteiger charge is 2.28. The molecule has 0 aliphatic carbocycles. The number of rotatable bonds is 7. The summed E-state index contributed by atoms with van der Waals surface area (Å²) >= 11 is 0. The summed E-state index contributed by atoms with van der Waals surface area (Å²) in [6.07, 6.45) is 3.22. The van der Waals surface area contributed by atoms with Crippen LogP contribution in [0.2, 0.25) is 0 Å². The Kier molecular flexibility index (Phi) is 6.76. The molecule has 0 bridgehead atoms. The Bertz CT molecular complexity index is 1210. The SMILES string of the molecule is CCn1c(=O)c(N2CCCC(C(=O)NCc3cccc(OC)c3OC)C2)nc2cccnc21. The molecule has 0 spiro atoms. The van der Waals surface area contributed by atoms with Gasteiger partial charge in [-0.3, -0.25) is 14.2 Å². The maximum absolute atomic E-state index is 13.1. The Hall–Kier alpha value is -3.62. The maximum Gasteiger partial charge on any atom is 0.295 e. The molecule has 1 unspecified atom stereocenters. The van der Waals surface area contributed by atoms with E-state index in [1.54, 1.807) is 25.0 Å². The van der Waals surface area contributed by atoms with Crippen molar-refractivity contribution < 1.29 is 14.3 Å².